The van der Waals surface area contributed by atoms with E-state index in [0.29, 0.717) is 6.04 Å². The molecule has 3 nitrogen and oxygen atoms in total. The molecule has 1 atom stereocenters. The zero-order valence-electron chi connectivity index (χ0n) is 10.5. The second-order valence-electron chi connectivity index (χ2n) is 4.65. The lowest BCUT2D eigenvalue weighted by Gasteiger charge is -2.23. The van der Waals surface area contributed by atoms with Crippen LogP contribution in [0.5, 0.6) is 0 Å². The lowest BCUT2D eigenvalue weighted by Crippen LogP contribution is -2.34. The first-order valence-corrected chi connectivity index (χ1v) is 7.10. The largest absolute Gasteiger partial charge is 0.368 e. The molecule has 1 aromatic rings. The third-order valence-corrected chi connectivity index (χ3v) is 3.99. The molecule has 0 bridgehead atoms. The van der Waals surface area contributed by atoms with Crippen molar-refractivity contribution in [3.05, 3.63) is 22.3 Å². The molecule has 0 spiro atoms. The first kappa shape index (κ1) is 12.8. The normalized spacial score (nSPS) is 20.8. The highest BCUT2D eigenvalue weighted by Gasteiger charge is 2.22. The second-order valence-corrected chi connectivity index (χ2v) is 5.50. The lowest BCUT2D eigenvalue weighted by molar-refractivity contribution is 0.277. The quantitative estimate of drug-likeness (QED) is 0.926. The van der Waals surface area contributed by atoms with E-state index in [1.807, 2.05) is 6.20 Å². The molecule has 17 heavy (non-hydrogen) atoms. The van der Waals surface area contributed by atoms with Gasteiger partial charge in [0, 0.05) is 18.8 Å². The van der Waals surface area contributed by atoms with Gasteiger partial charge in [-0.1, -0.05) is 6.92 Å². The van der Waals surface area contributed by atoms with Crippen molar-refractivity contribution in [2.24, 2.45) is 0 Å². The van der Waals surface area contributed by atoms with Crippen molar-refractivity contribution in [1.82, 2.24) is 9.88 Å². The number of nitrogens with zero attached hydrogens (tertiary/aromatic N) is 2. The predicted octanol–water partition coefficient (Wildman–Crippen LogP) is 3.05. The van der Waals surface area contributed by atoms with Crippen molar-refractivity contribution in [1.29, 1.82) is 0 Å². The average molecular weight is 298 g/mol. The summed E-state index contributed by atoms with van der Waals surface area (Å²) < 4.78 is 1.05. The van der Waals surface area contributed by atoms with Gasteiger partial charge in [0.1, 0.15) is 5.82 Å². The van der Waals surface area contributed by atoms with Crippen molar-refractivity contribution < 1.29 is 0 Å². The highest BCUT2D eigenvalue weighted by atomic mass is 79.9. The van der Waals surface area contributed by atoms with Gasteiger partial charge in [-0.3, -0.25) is 4.90 Å². The van der Waals surface area contributed by atoms with Crippen LogP contribution in [0.2, 0.25) is 0 Å². The number of anilines is 1. The molecular weight excluding hydrogens is 278 g/mol. The minimum atomic E-state index is 0.662. The Kier molecular flexibility index (Phi) is 4.40. The molecular formula is C13H20BrN3. The molecule has 1 aliphatic rings. The van der Waals surface area contributed by atoms with Crippen LogP contribution >= 0.6 is 15.9 Å². The van der Waals surface area contributed by atoms with Gasteiger partial charge in [0.15, 0.2) is 0 Å². The number of hydrogen-bond acceptors (Lipinski definition) is 3. The third kappa shape index (κ3) is 3.19. The molecule has 1 saturated heterocycles. The molecule has 94 valence electrons. The maximum absolute atomic E-state index is 4.41. The van der Waals surface area contributed by atoms with Crippen molar-refractivity contribution in [3.63, 3.8) is 0 Å². The summed E-state index contributed by atoms with van der Waals surface area (Å²) in [7, 11) is 0. The number of rotatable bonds is 4. The Labute approximate surface area is 112 Å². The summed E-state index contributed by atoms with van der Waals surface area (Å²) in [4.78, 5) is 6.95. The summed E-state index contributed by atoms with van der Waals surface area (Å²) in [5, 5.41) is 3.45. The first-order valence-electron chi connectivity index (χ1n) is 6.30. The van der Waals surface area contributed by atoms with E-state index >= 15 is 0 Å². The standard InChI is InChI=1S/C13H20BrN3/c1-3-17-6-4-5-11(17)9-16-13-12(14)7-10(2)8-15-13/h7-8,11H,3-6,9H2,1-2H3,(H,15,16). The summed E-state index contributed by atoms with van der Waals surface area (Å²) in [5.41, 5.74) is 1.18. The van der Waals surface area contributed by atoms with Gasteiger partial charge in [0.2, 0.25) is 0 Å². The van der Waals surface area contributed by atoms with Crippen LogP contribution in [0.4, 0.5) is 5.82 Å². The Bertz CT molecular complexity index is 381. The summed E-state index contributed by atoms with van der Waals surface area (Å²) in [6.45, 7) is 7.67. The molecule has 1 aromatic heterocycles. The monoisotopic (exact) mass is 297 g/mol. The van der Waals surface area contributed by atoms with Crippen LogP contribution < -0.4 is 5.32 Å². The maximum Gasteiger partial charge on any atom is 0.140 e. The Balaban J connectivity index is 1.93. The Morgan fingerprint density at radius 3 is 3.12 bits per heavy atom. The molecule has 1 fully saturated rings. The number of hydrogen-bond donors (Lipinski definition) is 1. The van der Waals surface area contributed by atoms with E-state index in [4.69, 9.17) is 0 Å². The highest BCUT2D eigenvalue weighted by Crippen LogP contribution is 2.22. The van der Waals surface area contributed by atoms with E-state index in [1.54, 1.807) is 0 Å². The van der Waals surface area contributed by atoms with E-state index in [2.05, 4.69) is 51.0 Å². The molecule has 0 amide bonds. The Morgan fingerprint density at radius 1 is 1.59 bits per heavy atom. The molecule has 0 aliphatic carbocycles. The van der Waals surface area contributed by atoms with E-state index < -0.39 is 0 Å². The summed E-state index contributed by atoms with van der Waals surface area (Å²) in [6, 6.07) is 2.76. The number of aromatic nitrogens is 1. The fourth-order valence-electron chi connectivity index (χ4n) is 2.42. The number of halogens is 1. The number of aryl methyl sites for hydroxylation is 1. The van der Waals surface area contributed by atoms with Crippen LogP contribution in [0.15, 0.2) is 16.7 Å². The second kappa shape index (κ2) is 5.83. The molecule has 2 rings (SSSR count). The minimum absolute atomic E-state index is 0.662. The van der Waals surface area contributed by atoms with Gasteiger partial charge in [0.25, 0.3) is 0 Å². The highest BCUT2D eigenvalue weighted by molar-refractivity contribution is 9.10. The van der Waals surface area contributed by atoms with Crippen LogP contribution in [0, 0.1) is 6.92 Å². The molecule has 0 saturated carbocycles. The van der Waals surface area contributed by atoms with E-state index in [1.165, 1.54) is 24.9 Å². The van der Waals surface area contributed by atoms with Gasteiger partial charge >= 0.3 is 0 Å². The van der Waals surface area contributed by atoms with Crippen LogP contribution in [0.1, 0.15) is 25.3 Å². The van der Waals surface area contributed by atoms with Crippen LogP contribution in [-0.2, 0) is 0 Å². The van der Waals surface area contributed by atoms with Crippen LogP contribution in [0.3, 0.4) is 0 Å². The van der Waals surface area contributed by atoms with Crippen molar-refractivity contribution in [2.75, 3.05) is 25.0 Å². The Hall–Kier alpha value is -0.610. The topological polar surface area (TPSA) is 28.2 Å². The molecule has 0 radical (unpaired) electrons. The van der Waals surface area contributed by atoms with E-state index in [-0.39, 0.29) is 0 Å². The molecule has 0 aromatic carbocycles. The third-order valence-electron chi connectivity index (χ3n) is 3.39. The smallest absolute Gasteiger partial charge is 0.140 e. The van der Waals surface area contributed by atoms with E-state index in [0.717, 1.165) is 23.4 Å². The first-order chi connectivity index (χ1) is 8.20. The lowest BCUT2D eigenvalue weighted by atomic mass is 10.2. The molecule has 1 aliphatic heterocycles. The average Bonchev–Trinajstić information content (AvgIpc) is 2.75. The van der Waals surface area contributed by atoms with Gasteiger partial charge in [-0.05, 0) is 60.4 Å². The minimum Gasteiger partial charge on any atom is -0.368 e. The summed E-state index contributed by atoms with van der Waals surface area (Å²) >= 11 is 3.55. The summed E-state index contributed by atoms with van der Waals surface area (Å²) in [6.07, 6.45) is 4.52. The van der Waals surface area contributed by atoms with Gasteiger partial charge < -0.3 is 5.32 Å². The maximum atomic E-state index is 4.41. The molecule has 2 heterocycles. The zero-order valence-corrected chi connectivity index (χ0v) is 12.1. The fraction of sp³-hybridized carbons (Fsp3) is 0.615. The predicted molar refractivity (Wildman–Crippen MR) is 75.4 cm³/mol. The Morgan fingerprint density at radius 2 is 2.41 bits per heavy atom. The number of likely N-dealkylation sites (N-methyl/N-ethyl adjacent to an activating group) is 1. The van der Waals surface area contributed by atoms with Gasteiger partial charge in [-0.15, -0.1) is 0 Å². The number of pyridine rings is 1. The van der Waals surface area contributed by atoms with Crippen molar-refractivity contribution in [3.8, 4) is 0 Å². The van der Waals surface area contributed by atoms with Crippen LogP contribution in [0.25, 0.3) is 0 Å². The summed E-state index contributed by atoms with van der Waals surface area (Å²) in [5.74, 6) is 0.957. The molecule has 1 unspecified atom stereocenters. The van der Waals surface area contributed by atoms with Gasteiger partial charge in [-0.25, -0.2) is 4.98 Å². The number of likely N-dealkylation sites (tertiary alicyclic amines) is 1. The zero-order chi connectivity index (χ0) is 12.3. The molecule has 1 N–H and O–H groups in total. The van der Waals surface area contributed by atoms with Gasteiger partial charge in [0.05, 0.1) is 4.47 Å². The van der Waals surface area contributed by atoms with Crippen LogP contribution in [-0.4, -0.2) is 35.6 Å². The van der Waals surface area contributed by atoms with Crippen molar-refractivity contribution >= 4 is 21.7 Å². The SMILES string of the molecule is CCN1CCCC1CNc1ncc(C)cc1Br. The van der Waals surface area contributed by atoms with E-state index in [9.17, 15) is 0 Å². The number of nitrogens with one attached hydrogen (secondary N) is 1. The molecule has 4 heteroatoms. The fourth-order valence-corrected chi connectivity index (χ4v) is 3.02. The van der Waals surface area contributed by atoms with Crippen molar-refractivity contribution in [2.45, 2.75) is 32.7 Å². The van der Waals surface area contributed by atoms with Gasteiger partial charge in [-0.2, -0.15) is 0 Å².